The van der Waals surface area contributed by atoms with Gasteiger partial charge in [-0.05, 0) is 23.3 Å². The van der Waals surface area contributed by atoms with Crippen LogP contribution in [0.2, 0.25) is 5.02 Å². The molecule has 38 heavy (non-hydrogen) atoms. The molecule has 2 aromatic carbocycles. The van der Waals surface area contributed by atoms with Crippen molar-refractivity contribution >= 4 is 23.3 Å². The highest BCUT2D eigenvalue weighted by Crippen LogP contribution is 2.24. The van der Waals surface area contributed by atoms with E-state index in [9.17, 15) is 14.4 Å². The number of aromatic nitrogens is 1. The summed E-state index contributed by atoms with van der Waals surface area (Å²) >= 11 is 6.08. The Balaban J connectivity index is 2.14. The third kappa shape index (κ3) is 7.31. The Morgan fingerprint density at radius 1 is 1.00 bits per heavy atom. The van der Waals surface area contributed by atoms with Crippen molar-refractivity contribution in [1.82, 2.24) is 9.88 Å². The number of carbonyl (C=O) groups is 2. The standard InChI is InChI=1S/C29H33ClN2O6/c1-29(2,3)27(34)22-16-32(17-23(36-4)37-5)24(28(35)31-15-20-12-9-13-21(30)14-20)26(25(22)33)38-18-19-10-7-6-8-11-19/h6-14,16,23H,15,17-18H2,1-5H3,(H,31,35). The van der Waals surface area contributed by atoms with Crippen molar-refractivity contribution < 1.29 is 23.8 Å². The maximum absolute atomic E-state index is 13.7. The lowest BCUT2D eigenvalue weighted by molar-refractivity contribution is -0.111. The van der Waals surface area contributed by atoms with E-state index in [1.165, 1.54) is 25.0 Å². The van der Waals surface area contributed by atoms with E-state index in [4.69, 9.17) is 25.8 Å². The number of ether oxygens (including phenoxy) is 3. The summed E-state index contributed by atoms with van der Waals surface area (Å²) in [6, 6.07) is 16.3. The Labute approximate surface area is 227 Å². The number of nitrogens with one attached hydrogen (secondary N) is 1. The van der Waals surface area contributed by atoms with Crippen LogP contribution >= 0.6 is 11.6 Å². The molecule has 9 heteroatoms. The molecular formula is C29H33ClN2O6. The van der Waals surface area contributed by atoms with Gasteiger partial charge >= 0.3 is 0 Å². The zero-order valence-corrected chi connectivity index (χ0v) is 23.0. The minimum atomic E-state index is -0.841. The summed E-state index contributed by atoms with van der Waals surface area (Å²) in [6.07, 6.45) is 0.626. The first-order chi connectivity index (χ1) is 18.0. The minimum absolute atomic E-state index is 0.0236. The van der Waals surface area contributed by atoms with Gasteiger partial charge in [0.1, 0.15) is 6.61 Å². The summed E-state index contributed by atoms with van der Waals surface area (Å²) in [5.41, 5.74) is -0.0566. The van der Waals surface area contributed by atoms with Gasteiger partial charge in [-0.3, -0.25) is 14.4 Å². The monoisotopic (exact) mass is 540 g/mol. The van der Waals surface area contributed by atoms with Gasteiger partial charge in [0, 0.05) is 37.4 Å². The number of ketones is 1. The van der Waals surface area contributed by atoms with Crippen molar-refractivity contribution in [3.05, 3.63) is 98.4 Å². The number of carbonyl (C=O) groups excluding carboxylic acids is 2. The summed E-state index contributed by atoms with van der Waals surface area (Å²) < 4.78 is 18.2. The van der Waals surface area contributed by atoms with Crippen LogP contribution in [0.1, 0.15) is 52.7 Å². The first-order valence-corrected chi connectivity index (χ1v) is 12.5. The van der Waals surface area contributed by atoms with E-state index >= 15 is 0 Å². The molecule has 3 rings (SSSR count). The molecule has 202 valence electrons. The van der Waals surface area contributed by atoms with Crippen LogP contribution in [-0.4, -0.2) is 36.8 Å². The fourth-order valence-corrected chi connectivity index (χ4v) is 3.98. The van der Waals surface area contributed by atoms with Crippen LogP contribution in [0.25, 0.3) is 0 Å². The van der Waals surface area contributed by atoms with Gasteiger partial charge in [-0.15, -0.1) is 0 Å². The largest absolute Gasteiger partial charge is 0.483 e. The second kappa shape index (κ2) is 12.9. The molecular weight excluding hydrogens is 508 g/mol. The summed E-state index contributed by atoms with van der Waals surface area (Å²) in [4.78, 5) is 40.5. The Kier molecular flexibility index (Phi) is 9.85. The van der Waals surface area contributed by atoms with Gasteiger partial charge in [-0.25, -0.2) is 0 Å². The zero-order chi connectivity index (χ0) is 27.9. The molecule has 0 bridgehead atoms. The topological polar surface area (TPSA) is 95.9 Å². The van der Waals surface area contributed by atoms with Gasteiger partial charge in [0.2, 0.25) is 5.43 Å². The van der Waals surface area contributed by atoms with Crippen LogP contribution in [0.15, 0.2) is 65.6 Å². The predicted octanol–water partition coefficient (Wildman–Crippen LogP) is 4.86. The molecule has 1 aromatic heterocycles. The van der Waals surface area contributed by atoms with Gasteiger partial charge < -0.3 is 24.1 Å². The van der Waals surface area contributed by atoms with Crippen molar-refractivity contribution in [2.24, 2.45) is 5.41 Å². The third-order valence-electron chi connectivity index (χ3n) is 5.82. The summed E-state index contributed by atoms with van der Waals surface area (Å²) in [7, 11) is 2.92. The lowest BCUT2D eigenvalue weighted by Crippen LogP contribution is -2.35. The van der Waals surface area contributed by atoms with Crippen molar-refractivity contribution in [1.29, 1.82) is 0 Å². The van der Waals surface area contributed by atoms with Crippen LogP contribution < -0.4 is 15.5 Å². The average molecular weight is 541 g/mol. The van der Waals surface area contributed by atoms with Gasteiger partial charge in [0.15, 0.2) is 23.5 Å². The van der Waals surface area contributed by atoms with E-state index in [1.54, 1.807) is 39.0 Å². The number of hydrogen-bond acceptors (Lipinski definition) is 6. The highest BCUT2D eigenvalue weighted by molar-refractivity contribution is 6.30. The highest BCUT2D eigenvalue weighted by atomic mass is 35.5. The normalized spacial score (nSPS) is 11.4. The fourth-order valence-electron chi connectivity index (χ4n) is 3.77. The molecule has 3 aromatic rings. The van der Waals surface area contributed by atoms with Crippen molar-refractivity contribution in [2.45, 2.75) is 46.8 Å². The Hall–Kier alpha value is -3.46. The van der Waals surface area contributed by atoms with Crippen LogP contribution in [0.4, 0.5) is 0 Å². The van der Waals surface area contributed by atoms with Crippen LogP contribution in [0.5, 0.6) is 5.75 Å². The quantitative estimate of drug-likeness (QED) is 0.276. The summed E-state index contributed by atoms with van der Waals surface area (Å²) in [5, 5.41) is 3.37. The van der Waals surface area contributed by atoms with E-state index in [0.29, 0.717) is 5.02 Å². The molecule has 0 saturated carbocycles. The maximum Gasteiger partial charge on any atom is 0.272 e. The number of pyridine rings is 1. The van der Waals surface area contributed by atoms with E-state index < -0.39 is 23.0 Å². The Morgan fingerprint density at radius 2 is 1.66 bits per heavy atom. The summed E-state index contributed by atoms with van der Waals surface area (Å²) in [5.74, 6) is -1.16. The minimum Gasteiger partial charge on any atom is -0.483 e. The SMILES string of the molecule is COC(Cn1cc(C(=O)C(C)(C)C)c(=O)c(OCc2ccccc2)c1C(=O)NCc1cccc(Cl)c1)OC. The maximum atomic E-state index is 13.7. The zero-order valence-electron chi connectivity index (χ0n) is 22.2. The van der Waals surface area contributed by atoms with Crippen molar-refractivity contribution in [3.8, 4) is 5.75 Å². The first-order valence-electron chi connectivity index (χ1n) is 12.1. The van der Waals surface area contributed by atoms with E-state index in [0.717, 1.165) is 11.1 Å². The van der Waals surface area contributed by atoms with E-state index in [2.05, 4.69) is 5.32 Å². The molecule has 0 radical (unpaired) electrons. The van der Waals surface area contributed by atoms with Crippen LogP contribution in [0.3, 0.4) is 0 Å². The molecule has 0 aliphatic carbocycles. The number of halogens is 1. The van der Waals surface area contributed by atoms with Crippen LogP contribution in [-0.2, 0) is 29.2 Å². The highest BCUT2D eigenvalue weighted by Gasteiger charge is 2.31. The van der Waals surface area contributed by atoms with E-state index in [1.807, 2.05) is 36.4 Å². The lowest BCUT2D eigenvalue weighted by Gasteiger charge is -2.23. The number of benzene rings is 2. The van der Waals surface area contributed by atoms with Crippen molar-refractivity contribution in [3.63, 3.8) is 0 Å². The fraction of sp³-hybridized carbons (Fsp3) is 0.345. The Morgan fingerprint density at radius 3 is 2.26 bits per heavy atom. The third-order valence-corrected chi connectivity index (χ3v) is 6.05. The molecule has 8 nitrogen and oxygen atoms in total. The molecule has 1 amide bonds. The van der Waals surface area contributed by atoms with Gasteiger partial charge in [0.05, 0.1) is 12.1 Å². The van der Waals surface area contributed by atoms with E-state index in [-0.39, 0.29) is 42.5 Å². The smallest absolute Gasteiger partial charge is 0.272 e. The number of rotatable bonds is 11. The predicted molar refractivity (Wildman–Crippen MR) is 146 cm³/mol. The van der Waals surface area contributed by atoms with Gasteiger partial charge in [0.25, 0.3) is 5.91 Å². The van der Waals surface area contributed by atoms with Gasteiger partial charge in [-0.1, -0.05) is 74.8 Å². The summed E-state index contributed by atoms with van der Waals surface area (Å²) in [6.45, 7) is 5.38. The van der Waals surface area contributed by atoms with Crippen molar-refractivity contribution in [2.75, 3.05) is 14.2 Å². The molecule has 0 aliphatic heterocycles. The number of amides is 1. The number of nitrogens with zero attached hydrogens (tertiary/aromatic N) is 1. The molecule has 1 N–H and O–H groups in total. The molecule has 1 heterocycles. The second-order valence-electron chi connectivity index (χ2n) is 9.77. The van der Waals surface area contributed by atoms with Crippen LogP contribution in [0, 0.1) is 5.41 Å². The first kappa shape index (κ1) is 29.1. The molecule has 0 saturated heterocycles. The molecule has 0 aliphatic rings. The molecule has 0 unspecified atom stereocenters. The average Bonchev–Trinajstić information content (AvgIpc) is 2.89. The number of methoxy groups -OCH3 is 2. The molecule has 0 atom stereocenters. The molecule has 0 fully saturated rings. The second-order valence-corrected chi connectivity index (χ2v) is 10.2. The van der Waals surface area contributed by atoms with Gasteiger partial charge in [-0.2, -0.15) is 0 Å². The Bertz CT molecular complexity index is 1330. The molecule has 0 spiro atoms. The lowest BCUT2D eigenvalue weighted by atomic mass is 9.86. The number of Topliss-reactive ketones (excluding diaryl/α,β-unsaturated/α-hetero) is 1. The number of hydrogen-bond donors (Lipinski definition) is 1.